The standard InChI is InChI=1S/C17H19N3/c1-11-14(12-7-4-3-5-8-12)15-16-13(9-6-10-18-16)19-17(15)20(11)2/h3-11,14-15,17,19H,1-2H3. The van der Waals surface area contributed by atoms with Crippen molar-refractivity contribution in [1.29, 1.82) is 0 Å². The summed E-state index contributed by atoms with van der Waals surface area (Å²) in [6.45, 7) is 2.32. The second-order valence-electron chi connectivity index (χ2n) is 5.89. The summed E-state index contributed by atoms with van der Waals surface area (Å²) in [7, 11) is 2.21. The van der Waals surface area contributed by atoms with Gasteiger partial charge in [-0.2, -0.15) is 0 Å². The molecular formula is C17H19N3. The van der Waals surface area contributed by atoms with Crippen molar-refractivity contribution in [1.82, 2.24) is 9.88 Å². The number of likely N-dealkylation sites (tertiary alicyclic amines) is 1. The largest absolute Gasteiger partial charge is 0.367 e. The van der Waals surface area contributed by atoms with Crippen molar-refractivity contribution in [2.75, 3.05) is 12.4 Å². The number of pyridine rings is 1. The molecule has 1 saturated heterocycles. The third-order valence-electron chi connectivity index (χ3n) is 4.97. The average molecular weight is 265 g/mol. The van der Waals surface area contributed by atoms with E-state index in [9.17, 15) is 0 Å². The van der Waals surface area contributed by atoms with Gasteiger partial charge in [-0.05, 0) is 31.7 Å². The van der Waals surface area contributed by atoms with Crippen LogP contribution in [0.1, 0.15) is 30.0 Å². The first-order valence-corrected chi connectivity index (χ1v) is 7.25. The van der Waals surface area contributed by atoms with Crippen LogP contribution in [0.15, 0.2) is 48.7 Å². The molecule has 0 saturated carbocycles. The summed E-state index contributed by atoms with van der Waals surface area (Å²) in [4.78, 5) is 7.11. The molecule has 3 nitrogen and oxygen atoms in total. The van der Waals surface area contributed by atoms with Crippen molar-refractivity contribution in [3.63, 3.8) is 0 Å². The Bertz CT molecular complexity index is 625. The second-order valence-corrected chi connectivity index (χ2v) is 5.89. The molecule has 4 atom stereocenters. The maximum atomic E-state index is 4.66. The lowest BCUT2D eigenvalue weighted by atomic mass is 9.83. The smallest absolute Gasteiger partial charge is 0.0886 e. The van der Waals surface area contributed by atoms with E-state index in [0.717, 1.165) is 0 Å². The molecular weight excluding hydrogens is 246 g/mol. The molecule has 0 aliphatic carbocycles. The highest BCUT2D eigenvalue weighted by Crippen LogP contribution is 2.51. The van der Waals surface area contributed by atoms with Gasteiger partial charge >= 0.3 is 0 Å². The first kappa shape index (κ1) is 11.9. The molecule has 0 amide bonds. The number of benzene rings is 1. The van der Waals surface area contributed by atoms with Gasteiger partial charge in [-0.15, -0.1) is 0 Å². The van der Waals surface area contributed by atoms with Crippen molar-refractivity contribution in [3.8, 4) is 0 Å². The Kier molecular flexibility index (Phi) is 2.57. The van der Waals surface area contributed by atoms with Crippen molar-refractivity contribution in [2.45, 2.75) is 31.0 Å². The second kappa shape index (κ2) is 4.32. The Morgan fingerprint density at radius 1 is 1.05 bits per heavy atom. The van der Waals surface area contributed by atoms with E-state index >= 15 is 0 Å². The minimum absolute atomic E-state index is 0.361. The number of nitrogens with zero attached hydrogens (tertiary/aromatic N) is 2. The van der Waals surface area contributed by atoms with Crippen molar-refractivity contribution >= 4 is 5.69 Å². The van der Waals surface area contributed by atoms with Gasteiger partial charge in [-0.25, -0.2) is 0 Å². The number of nitrogens with one attached hydrogen (secondary N) is 1. The van der Waals surface area contributed by atoms with E-state index in [1.54, 1.807) is 0 Å². The third-order valence-corrected chi connectivity index (χ3v) is 4.97. The third kappa shape index (κ3) is 1.53. The number of fused-ring (bicyclic) bond motifs is 3. The normalized spacial score (nSPS) is 31.7. The Morgan fingerprint density at radius 2 is 1.85 bits per heavy atom. The van der Waals surface area contributed by atoms with Crippen LogP contribution in [0.5, 0.6) is 0 Å². The van der Waals surface area contributed by atoms with E-state index in [2.05, 4.69) is 65.6 Å². The molecule has 4 unspecified atom stereocenters. The van der Waals surface area contributed by atoms with Crippen molar-refractivity contribution < 1.29 is 0 Å². The lowest BCUT2D eigenvalue weighted by Crippen LogP contribution is -2.35. The van der Waals surface area contributed by atoms with Gasteiger partial charge in [-0.1, -0.05) is 30.3 Å². The van der Waals surface area contributed by atoms with Crippen LogP contribution in [0.4, 0.5) is 5.69 Å². The quantitative estimate of drug-likeness (QED) is 0.859. The molecule has 1 aromatic heterocycles. The summed E-state index contributed by atoms with van der Waals surface area (Å²) < 4.78 is 0. The zero-order valence-electron chi connectivity index (χ0n) is 11.8. The summed E-state index contributed by atoms with van der Waals surface area (Å²) in [6.07, 6.45) is 2.27. The lowest BCUT2D eigenvalue weighted by molar-refractivity contribution is 0.267. The Labute approximate surface area is 119 Å². The van der Waals surface area contributed by atoms with Gasteiger partial charge in [-0.3, -0.25) is 9.88 Å². The van der Waals surface area contributed by atoms with Crippen LogP contribution in [0.25, 0.3) is 0 Å². The SMILES string of the molecule is CC1C(c2ccccc2)C2c3ncccc3NC2N1C. The molecule has 3 heterocycles. The van der Waals surface area contributed by atoms with Gasteiger partial charge in [0.05, 0.1) is 17.5 Å². The lowest BCUT2D eigenvalue weighted by Gasteiger charge is -2.25. The van der Waals surface area contributed by atoms with Crippen LogP contribution in [0.2, 0.25) is 0 Å². The first-order chi connectivity index (χ1) is 9.77. The van der Waals surface area contributed by atoms with E-state index in [1.165, 1.54) is 16.9 Å². The minimum atomic E-state index is 0.361. The predicted octanol–water partition coefficient (Wildman–Crippen LogP) is 3.03. The summed E-state index contributed by atoms with van der Waals surface area (Å²) in [5.41, 5.74) is 3.84. The highest BCUT2D eigenvalue weighted by Gasteiger charge is 2.51. The first-order valence-electron chi connectivity index (χ1n) is 7.25. The predicted molar refractivity (Wildman–Crippen MR) is 80.8 cm³/mol. The number of hydrogen-bond donors (Lipinski definition) is 1. The molecule has 1 N–H and O–H groups in total. The van der Waals surface area contributed by atoms with Crippen LogP contribution < -0.4 is 5.32 Å². The number of aromatic nitrogens is 1. The fourth-order valence-corrected chi connectivity index (χ4v) is 3.89. The summed E-state index contributed by atoms with van der Waals surface area (Å²) >= 11 is 0. The molecule has 2 aliphatic rings. The molecule has 2 aromatic rings. The fraction of sp³-hybridized carbons (Fsp3) is 0.353. The average Bonchev–Trinajstić information content (AvgIpc) is 2.97. The van der Waals surface area contributed by atoms with Crippen LogP contribution >= 0.6 is 0 Å². The summed E-state index contributed by atoms with van der Waals surface area (Å²) in [6, 6.07) is 15.5. The molecule has 3 heteroatoms. The number of likely N-dealkylation sites (N-methyl/N-ethyl adjacent to an activating group) is 1. The van der Waals surface area contributed by atoms with Crippen LogP contribution in [0, 0.1) is 0 Å². The number of hydrogen-bond acceptors (Lipinski definition) is 3. The molecule has 4 rings (SSSR count). The Balaban J connectivity index is 1.83. The highest BCUT2D eigenvalue weighted by atomic mass is 15.3. The molecule has 1 fully saturated rings. The van der Waals surface area contributed by atoms with Gasteiger partial charge in [0.15, 0.2) is 0 Å². The van der Waals surface area contributed by atoms with Crippen LogP contribution in [-0.2, 0) is 0 Å². The molecule has 0 radical (unpaired) electrons. The zero-order chi connectivity index (χ0) is 13.7. The van der Waals surface area contributed by atoms with Crippen LogP contribution in [-0.4, -0.2) is 29.1 Å². The van der Waals surface area contributed by atoms with Gasteiger partial charge < -0.3 is 5.32 Å². The van der Waals surface area contributed by atoms with E-state index in [-0.39, 0.29) is 0 Å². The van der Waals surface area contributed by atoms with Crippen molar-refractivity contribution in [2.24, 2.45) is 0 Å². The molecule has 102 valence electrons. The van der Waals surface area contributed by atoms with Gasteiger partial charge in [0.1, 0.15) is 0 Å². The van der Waals surface area contributed by atoms with Gasteiger partial charge in [0.2, 0.25) is 0 Å². The molecule has 20 heavy (non-hydrogen) atoms. The fourth-order valence-electron chi connectivity index (χ4n) is 3.89. The minimum Gasteiger partial charge on any atom is -0.367 e. The van der Waals surface area contributed by atoms with E-state index in [4.69, 9.17) is 0 Å². The summed E-state index contributed by atoms with van der Waals surface area (Å²) in [5.74, 6) is 0.934. The maximum absolute atomic E-state index is 4.66. The van der Waals surface area contributed by atoms with Crippen molar-refractivity contribution in [3.05, 3.63) is 59.9 Å². The Morgan fingerprint density at radius 3 is 2.65 bits per heavy atom. The summed E-state index contributed by atoms with van der Waals surface area (Å²) in [5, 5.41) is 3.64. The molecule has 0 bridgehead atoms. The molecule has 1 aromatic carbocycles. The van der Waals surface area contributed by atoms with Gasteiger partial charge in [0, 0.05) is 24.1 Å². The topological polar surface area (TPSA) is 28.2 Å². The molecule has 0 spiro atoms. The van der Waals surface area contributed by atoms with Gasteiger partial charge in [0.25, 0.3) is 0 Å². The van der Waals surface area contributed by atoms with Crippen LogP contribution in [0.3, 0.4) is 0 Å². The highest BCUT2D eigenvalue weighted by molar-refractivity contribution is 5.58. The zero-order valence-corrected chi connectivity index (χ0v) is 11.8. The maximum Gasteiger partial charge on any atom is 0.0886 e. The number of anilines is 1. The Hall–Kier alpha value is -1.87. The number of rotatable bonds is 1. The van der Waals surface area contributed by atoms with E-state index in [1.807, 2.05) is 12.3 Å². The monoisotopic (exact) mass is 265 g/mol. The van der Waals surface area contributed by atoms with E-state index in [0.29, 0.717) is 24.0 Å². The molecule has 2 aliphatic heterocycles. The van der Waals surface area contributed by atoms with E-state index < -0.39 is 0 Å².